The number of aliphatic hydroxyl groups excluding tert-OH is 1. The van der Waals surface area contributed by atoms with Crippen molar-refractivity contribution in [1.82, 2.24) is 0 Å². The van der Waals surface area contributed by atoms with Crippen LogP contribution >= 0.6 is 0 Å². The summed E-state index contributed by atoms with van der Waals surface area (Å²) in [5.41, 5.74) is -1.18. The maximum absolute atomic E-state index is 12.2. The lowest BCUT2D eigenvalue weighted by molar-refractivity contribution is -0.137. The van der Waals surface area contributed by atoms with E-state index in [2.05, 4.69) is 12.8 Å². The number of allylic oxidation sites excluding steroid dienone is 2. The van der Waals surface area contributed by atoms with Gasteiger partial charge in [0.2, 0.25) is 0 Å². The van der Waals surface area contributed by atoms with Crippen molar-refractivity contribution in [3.63, 3.8) is 0 Å². The van der Waals surface area contributed by atoms with Crippen LogP contribution in [0.4, 0.5) is 0 Å². The molecule has 3 N–H and O–H groups in total. The van der Waals surface area contributed by atoms with E-state index in [1.165, 1.54) is 0 Å². The number of Topliss-reactive ketones (excluding diaryl/α,β-unsaturated/α-hetero) is 1. The van der Waals surface area contributed by atoms with Crippen molar-refractivity contribution in [3.8, 4) is 12.3 Å². The van der Waals surface area contributed by atoms with E-state index >= 15 is 0 Å². The van der Waals surface area contributed by atoms with Gasteiger partial charge in [0.1, 0.15) is 11.4 Å². The molecule has 4 atom stereocenters. The lowest BCUT2D eigenvalue weighted by Crippen LogP contribution is -2.25. The number of carboxylic acid groups (broad SMARTS) is 1. The summed E-state index contributed by atoms with van der Waals surface area (Å²) in [6.07, 6.45) is 19.3. The van der Waals surface area contributed by atoms with Crippen LogP contribution in [-0.4, -0.2) is 38.8 Å². The Morgan fingerprint density at radius 3 is 2.66 bits per heavy atom. The van der Waals surface area contributed by atoms with Crippen molar-refractivity contribution in [3.05, 3.63) is 24.3 Å². The molecule has 0 saturated heterocycles. The summed E-state index contributed by atoms with van der Waals surface area (Å²) in [5.74, 6) is 1.15. The van der Waals surface area contributed by atoms with Crippen LogP contribution in [0.5, 0.6) is 0 Å². The predicted molar refractivity (Wildman–Crippen MR) is 114 cm³/mol. The summed E-state index contributed by atoms with van der Waals surface area (Å²) in [6.45, 7) is 2.13. The van der Waals surface area contributed by atoms with E-state index in [0.29, 0.717) is 32.1 Å². The van der Waals surface area contributed by atoms with E-state index < -0.39 is 17.7 Å². The number of aliphatic hydroxyl groups is 2. The van der Waals surface area contributed by atoms with E-state index in [1.807, 2.05) is 18.2 Å². The predicted octanol–water partition coefficient (Wildman–Crippen LogP) is 4.03. The fourth-order valence-corrected chi connectivity index (χ4v) is 3.76. The number of ketones is 1. The van der Waals surface area contributed by atoms with Crippen molar-refractivity contribution < 1.29 is 24.9 Å². The highest BCUT2D eigenvalue weighted by Crippen LogP contribution is 2.33. The number of rotatable bonds is 14. The minimum absolute atomic E-state index is 0.0362. The molecule has 0 aliphatic heterocycles. The maximum Gasteiger partial charge on any atom is 0.303 e. The molecule has 0 aromatic rings. The van der Waals surface area contributed by atoms with Gasteiger partial charge in [-0.3, -0.25) is 9.59 Å². The highest BCUT2D eigenvalue weighted by molar-refractivity contribution is 5.84. The van der Waals surface area contributed by atoms with Crippen LogP contribution in [0.3, 0.4) is 0 Å². The first-order chi connectivity index (χ1) is 13.8. The first kappa shape index (κ1) is 25.1. The fraction of sp³-hybridized carbons (Fsp3) is 0.667. The summed E-state index contributed by atoms with van der Waals surface area (Å²) in [6, 6.07) is 0. The van der Waals surface area contributed by atoms with Gasteiger partial charge in [-0.05, 0) is 32.1 Å². The second-order valence-corrected chi connectivity index (χ2v) is 8.03. The summed E-state index contributed by atoms with van der Waals surface area (Å²) in [5, 5.41) is 29.5. The van der Waals surface area contributed by atoms with Crippen LogP contribution < -0.4 is 0 Å². The monoisotopic (exact) mass is 404 g/mol. The number of carboxylic acids is 1. The second kappa shape index (κ2) is 13.3. The molecule has 1 rings (SSSR count). The number of hydrogen-bond donors (Lipinski definition) is 3. The van der Waals surface area contributed by atoms with Crippen LogP contribution in [0.15, 0.2) is 24.3 Å². The number of terminal acetylenes is 1. The Morgan fingerprint density at radius 1 is 1.24 bits per heavy atom. The van der Waals surface area contributed by atoms with Gasteiger partial charge < -0.3 is 15.3 Å². The summed E-state index contributed by atoms with van der Waals surface area (Å²) < 4.78 is 0. The molecule has 5 nitrogen and oxygen atoms in total. The summed E-state index contributed by atoms with van der Waals surface area (Å²) in [7, 11) is 0. The van der Waals surface area contributed by atoms with Gasteiger partial charge in [-0.1, -0.05) is 56.4 Å². The quantitative estimate of drug-likeness (QED) is 0.231. The maximum atomic E-state index is 12.2. The SMILES string of the molecule is C#CC(O)(CC=C[C@H]1[C@H](O)CC(=O)[C@@H]1CC=CCCCC(=O)O)CCCCCC. The van der Waals surface area contributed by atoms with Crippen LogP contribution in [0, 0.1) is 24.2 Å². The zero-order chi connectivity index (χ0) is 21.7. The van der Waals surface area contributed by atoms with Gasteiger partial charge in [-0.15, -0.1) is 6.42 Å². The van der Waals surface area contributed by atoms with Gasteiger partial charge in [0.15, 0.2) is 0 Å². The first-order valence-corrected chi connectivity index (χ1v) is 10.8. The standard InChI is InChI=1S/C24H36O5/c1-3-5-6-11-16-24(29,4-2)17-12-14-20-19(21(25)18-22(20)26)13-9-7-8-10-15-23(27)28/h2,7,9,12,14,19-20,22,26,29H,3,5-6,8,10-11,13,15-18H2,1H3,(H,27,28)/t19-,20-,22-,24?/m1/s1. The third kappa shape index (κ3) is 9.43. The Hall–Kier alpha value is -1.90. The zero-order valence-corrected chi connectivity index (χ0v) is 17.6. The molecular weight excluding hydrogens is 368 g/mol. The lowest BCUT2D eigenvalue weighted by Gasteiger charge is -2.21. The molecule has 5 heteroatoms. The Labute approximate surface area is 174 Å². The van der Waals surface area contributed by atoms with Crippen LogP contribution in [0.25, 0.3) is 0 Å². The molecule has 1 fully saturated rings. The number of unbranched alkanes of at least 4 members (excludes halogenated alkanes) is 4. The smallest absolute Gasteiger partial charge is 0.303 e. The van der Waals surface area contributed by atoms with Crippen molar-refractivity contribution in [2.75, 3.05) is 0 Å². The number of hydrogen-bond acceptors (Lipinski definition) is 4. The van der Waals surface area contributed by atoms with Crippen LogP contribution in [0.1, 0.15) is 77.6 Å². The minimum Gasteiger partial charge on any atom is -0.481 e. The minimum atomic E-state index is -1.18. The van der Waals surface area contributed by atoms with Gasteiger partial charge in [0.25, 0.3) is 0 Å². The molecule has 0 amide bonds. The normalized spacial score (nSPS) is 24.2. The molecule has 0 aromatic heterocycles. The lowest BCUT2D eigenvalue weighted by atomic mass is 9.88. The van der Waals surface area contributed by atoms with Crippen molar-refractivity contribution >= 4 is 11.8 Å². The third-order valence-electron chi connectivity index (χ3n) is 5.58. The summed E-state index contributed by atoms with van der Waals surface area (Å²) in [4.78, 5) is 22.7. The van der Waals surface area contributed by atoms with Gasteiger partial charge in [0.05, 0.1) is 6.10 Å². The second-order valence-electron chi connectivity index (χ2n) is 8.03. The van der Waals surface area contributed by atoms with E-state index in [9.17, 15) is 19.8 Å². The molecule has 0 aromatic carbocycles. The molecule has 0 bridgehead atoms. The summed E-state index contributed by atoms with van der Waals surface area (Å²) >= 11 is 0. The Balaban J connectivity index is 2.57. The van der Waals surface area contributed by atoms with Gasteiger partial charge in [0, 0.05) is 31.1 Å². The third-order valence-corrected chi connectivity index (χ3v) is 5.58. The molecule has 1 saturated carbocycles. The van der Waals surface area contributed by atoms with Gasteiger partial charge in [-0.25, -0.2) is 0 Å². The number of carbonyl (C=O) groups is 2. The molecule has 162 valence electrons. The molecule has 1 aliphatic carbocycles. The molecule has 0 heterocycles. The molecule has 29 heavy (non-hydrogen) atoms. The first-order valence-electron chi connectivity index (χ1n) is 10.8. The van der Waals surface area contributed by atoms with Crippen LogP contribution in [0.2, 0.25) is 0 Å². The Kier molecular flexibility index (Phi) is 11.6. The molecular formula is C24H36O5. The average molecular weight is 405 g/mol. The Bertz CT molecular complexity index is 615. The Morgan fingerprint density at radius 2 is 2.00 bits per heavy atom. The zero-order valence-electron chi connectivity index (χ0n) is 17.6. The highest BCUT2D eigenvalue weighted by atomic mass is 16.4. The largest absolute Gasteiger partial charge is 0.481 e. The van der Waals surface area contributed by atoms with E-state index in [4.69, 9.17) is 11.5 Å². The molecule has 0 radical (unpaired) electrons. The fourth-order valence-electron chi connectivity index (χ4n) is 3.76. The topological polar surface area (TPSA) is 94.8 Å². The average Bonchev–Trinajstić information content (AvgIpc) is 2.94. The van der Waals surface area contributed by atoms with E-state index in [-0.39, 0.29) is 30.5 Å². The number of carbonyl (C=O) groups excluding carboxylic acids is 1. The van der Waals surface area contributed by atoms with Gasteiger partial charge >= 0.3 is 5.97 Å². The van der Waals surface area contributed by atoms with Crippen LogP contribution in [-0.2, 0) is 9.59 Å². The molecule has 0 spiro atoms. The molecule has 1 unspecified atom stereocenters. The number of aliphatic carboxylic acids is 1. The molecule has 1 aliphatic rings. The van der Waals surface area contributed by atoms with Gasteiger partial charge in [-0.2, -0.15) is 0 Å². The van der Waals surface area contributed by atoms with Crippen molar-refractivity contribution in [2.45, 2.75) is 89.3 Å². The highest BCUT2D eigenvalue weighted by Gasteiger charge is 2.39. The van der Waals surface area contributed by atoms with Crippen molar-refractivity contribution in [1.29, 1.82) is 0 Å². The van der Waals surface area contributed by atoms with E-state index in [0.717, 1.165) is 25.7 Å². The van der Waals surface area contributed by atoms with Crippen molar-refractivity contribution in [2.24, 2.45) is 11.8 Å². The van der Waals surface area contributed by atoms with E-state index in [1.54, 1.807) is 6.08 Å².